The summed E-state index contributed by atoms with van der Waals surface area (Å²) in [5.74, 6) is 0. The highest BCUT2D eigenvalue weighted by Crippen LogP contribution is 2.33. The number of hydrogen-bond donors (Lipinski definition) is 0. The van der Waals surface area contributed by atoms with Crippen LogP contribution in [0.15, 0.2) is 15.9 Å². The van der Waals surface area contributed by atoms with E-state index in [0.29, 0.717) is 13.2 Å². The fourth-order valence-corrected chi connectivity index (χ4v) is 2.90. The average molecular weight is 287 g/mol. The second kappa shape index (κ2) is 4.12. The van der Waals surface area contributed by atoms with Gasteiger partial charge in [-0.25, -0.2) is 0 Å². The molecule has 2 rings (SSSR count). The van der Waals surface area contributed by atoms with Gasteiger partial charge in [-0.1, -0.05) is 0 Å². The lowest BCUT2D eigenvalue weighted by Crippen LogP contribution is -2.49. The van der Waals surface area contributed by atoms with E-state index in [1.165, 1.54) is 5.00 Å². The molecule has 1 aliphatic rings. The predicted octanol–water partition coefficient (Wildman–Crippen LogP) is 2.49. The molecule has 1 aliphatic heterocycles. The van der Waals surface area contributed by atoms with Gasteiger partial charge in [-0.15, -0.1) is 11.3 Å². The highest BCUT2D eigenvalue weighted by Gasteiger charge is 2.40. The van der Waals surface area contributed by atoms with Gasteiger partial charge < -0.3 is 9.64 Å². The molecule has 1 aromatic rings. The Hall–Kier alpha value is -0.570. The van der Waals surface area contributed by atoms with Crippen molar-refractivity contribution in [1.82, 2.24) is 0 Å². The van der Waals surface area contributed by atoms with Gasteiger partial charge >= 0.3 is 0 Å². The lowest BCUT2D eigenvalue weighted by atomic mass is 9.87. The van der Waals surface area contributed by atoms with E-state index in [1.54, 1.807) is 11.3 Å². The molecule has 15 heavy (non-hydrogen) atoms. The van der Waals surface area contributed by atoms with Crippen molar-refractivity contribution in [3.8, 4) is 6.07 Å². The number of ether oxygens (including phenoxy) is 1. The minimum atomic E-state index is -0.300. The fraction of sp³-hybridized carbons (Fsp3) is 0.500. The second-order valence-corrected chi connectivity index (χ2v) is 6.26. The summed E-state index contributed by atoms with van der Waals surface area (Å²) in [5, 5.41) is 10.2. The van der Waals surface area contributed by atoms with Gasteiger partial charge in [0, 0.05) is 13.6 Å². The maximum absolute atomic E-state index is 9.08. The molecule has 1 fully saturated rings. The molecule has 0 amide bonds. The summed E-state index contributed by atoms with van der Waals surface area (Å²) in [6, 6.07) is 6.42. The molecule has 0 saturated carbocycles. The largest absolute Gasteiger partial charge is 0.378 e. The maximum Gasteiger partial charge on any atom is 0.121 e. The summed E-state index contributed by atoms with van der Waals surface area (Å²) >= 11 is 5.10. The van der Waals surface area contributed by atoms with Gasteiger partial charge in [0.2, 0.25) is 0 Å². The SMILES string of the molecule is CN(CC1(C#N)COC1)c1ccc(Br)s1. The first-order valence-corrected chi connectivity index (χ1v) is 6.22. The Morgan fingerprint density at radius 3 is 2.80 bits per heavy atom. The zero-order valence-corrected chi connectivity index (χ0v) is 10.8. The first-order chi connectivity index (χ1) is 7.15. The van der Waals surface area contributed by atoms with Crippen LogP contribution in [0, 0.1) is 16.7 Å². The van der Waals surface area contributed by atoms with Crippen LogP contribution in [0.2, 0.25) is 0 Å². The molecule has 0 spiro atoms. The van der Waals surface area contributed by atoms with Crippen LogP contribution < -0.4 is 4.90 Å². The summed E-state index contributed by atoms with van der Waals surface area (Å²) < 4.78 is 6.23. The van der Waals surface area contributed by atoms with Gasteiger partial charge in [0.25, 0.3) is 0 Å². The van der Waals surface area contributed by atoms with Crippen LogP contribution in [0.1, 0.15) is 0 Å². The van der Waals surface area contributed by atoms with Gasteiger partial charge in [-0.2, -0.15) is 5.26 Å². The van der Waals surface area contributed by atoms with Crippen LogP contribution in [0.25, 0.3) is 0 Å². The van der Waals surface area contributed by atoms with E-state index in [2.05, 4.69) is 33.0 Å². The molecular weight excluding hydrogens is 276 g/mol. The van der Waals surface area contributed by atoms with Gasteiger partial charge in [0.05, 0.1) is 28.1 Å². The Kier molecular flexibility index (Phi) is 3.01. The molecule has 1 aromatic heterocycles. The standard InChI is InChI=1S/C10H11BrN2OS/c1-13(9-3-2-8(11)15-9)5-10(4-12)6-14-7-10/h2-3H,5-7H2,1H3. The molecule has 0 radical (unpaired) electrons. The Bertz CT molecular complexity index is 394. The van der Waals surface area contributed by atoms with Crippen molar-refractivity contribution in [2.45, 2.75) is 0 Å². The highest BCUT2D eigenvalue weighted by atomic mass is 79.9. The van der Waals surface area contributed by atoms with E-state index in [1.807, 2.05) is 13.1 Å². The third kappa shape index (κ3) is 2.17. The van der Waals surface area contributed by atoms with Crippen molar-refractivity contribution in [3.63, 3.8) is 0 Å². The van der Waals surface area contributed by atoms with E-state index in [9.17, 15) is 0 Å². The van der Waals surface area contributed by atoms with E-state index in [4.69, 9.17) is 10.00 Å². The lowest BCUT2D eigenvalue weighted by Gasteiger charge is -2.38. The number of anilines is 1. The molecule has 0 unspecified atom stereocenters. The number of nitrogens with zero attached hydrogens (tertiary/aromatic N) is 2. The van der Waals surface area contributed by atoms with Gasteiger partial charge in [0.1, 0.15) is 5.41 Å². The minimum Gasteiger partial charge on any atom is -0.378 e. The lowest BCUT2D eigenvalue weighted by molar-refractivity contribution is -0.0716. The van der Waals surface area contributed by atoms with Crippen molar-refractivity contribution in [2.24, 2.45) is 5.41 Å². The van der Waals surface area contributed by atoms with E-state index < -0.39 is 0 Å². The van der Waals surface area contributed by atoms with Crippen molar-refractivity contribution >= 4 is 32.3 Å². The number of nitriles is 1. The third-order valence-corrected chi connectivity index (χ3v) is 4.21. The Morgan fingerprint density at radius 1 is 1.67 bits per heavy atom. The van der Waals surface area contributed by atoms with Crippen LogP contribution in [0.5, 0.6) is 0 Å². The Balaban J connectivity index is 2.04. The van der Waals surface area contributed by atoms with Crippen LogP contribution in [-0.4, -0.2) is 26.8 Å². The maximum atomic E-state index is 9.08. The average Bonchev–Trinajstić information content (AvgIpc) is 2.58. The molecule has 3 nitrogen and oxygen atoms in total. The molecule has 0 aliphatic carbocycles. The van der Waals surface area contributed by atoms with Gasteiger partial charge in [-0.3, -0.25) is 0 Å². The zero-order chi connectivity index (χ0) is 10.9. The quantitative estimate of drug-likeness (QED) is 0.857. The van der Waals surface area contributed by atoms with Crippen LogP contribution in [0.4, 0.5) is 5.00 Å². The molecule has 1 saturated heterocycles. The molecular formula is C10H11BrN2OS. The van der Waals surface area contributed by atoms with Crippen LogP contribution in [0.3, 0.4) is 0 Å². The van der Waals surface area contributed by atoms with Gasteiger partial charge in [-0.05, 0) is 28.1 Å². The topological polar surface area (TPSA) is 36.3 Å². The van der Waals surface area contributed by atoms with E-state index in [0.717, 1.165) is 10.3 Å². The highest BCUT2D eigenvalue weighted by molar-refractivity contribution is 9.11. The predicted molar refractivity (Wildman–Crippen MR) is 64.2 cm³/mol. The summed E-state index contributed by atoms with van der Waals surface area (Å²) in [4.78, 5) is 2.11. The normalized spacial score (nSPS) is 17.9. The first kappa shape index (κ1) is 10.9. The summed E-state index contributed by atoms with van der Waals surface area (Å²) in [5.41, 5.74) is -0.300. The summed E-state index contributed by atoms with van der Waals surface area (Å²) in [6.45, 7) is 1.84. The van der Waals surface area contributed by atoms with Crippen molar-refractivity contribution in [2.75, 3.05) is 31.7 Å². The first-order valence-electron chi connectivity index (χ1n) is 4.61. The van der Waals surface area contributed by atoms with Crippen molar-refractivity contribution in [3.05, 3.63) is 15.9 Å². The number of rotatable bonds is 3. The minimum absolute atomic E-state index is 0.300. The molecule has 2 heterocycles. The molecule has 0 N–H and O–H groups in total. The number of thiophene rings is 1. The zero-order valence-electron chi connectivity index (χ0n) is 8.36. The molecule has 0 bridgehead atoms. The smallest absolute Gasteiger partial charge is 0.121 e. The van der Waals surface area contributed by atoms with E-state index in [-0.39, 0.29) is 5.41 Å². The number of halogens is 1. The summed E-state index contributed by atoms with van der Waals surface area (Å²) in [6.07, 6.45) is 0. The molecule has 80 valence electrons. The monoisotopic (exact) mass is 286 g/mol. The Labute approximate surface area is 101 Å². The summed E-state index contributed by atoms with van der Waals surface area (Å²) in [7, 11) is 2.01. The van der Waals surface area contributed by atoms with E-state index >= 15 is 0 Å². The molecule has 5 heteroatoms. The second-order valence-electron chi connectivity index (χ2n) is 3.82. The molecule has 0 atom stereocenters. The van der Waals surface area contributed by atoms with Crippen molar-refractivity contribution < 1.29 is 4.74 Å². The molecule has 0 aromatic carbocycles. The third-order valence-electron chi connectivity index (χ3n) is 2.47. The van der Waals surface area contributed by atoms with Gasteiger partial charge in [0.15, 0.2) is 0 Å². The van der Waals surface area contributed by atoms with Crippen LogP contribution in [-0.2, 0) is 4.74 Å². The van der Waals surface area contributed by atoms with Crippen LogP contribution >= 0.6 is 27.3 Å². The number of hydrogen-bond acceptors (Lipinski definition) is 4. The fourth-order valence-electron chi connectivity index (χ4n) is 1.58. The van der Waals surface area contributed by atoms with Crippen molar-refractivity contribution in [1.29, 1.82) is 5.26 Å². The Morgan fingerprint density at radius 2 is 2.40 bits per heavy atom.